The molecule has 2 aromatic heterocycles. The van der Waals surface area contributed by atoms with Crippen LogP contribution in [0.1, 0.15) is 5.76 Å². The highest BCUT2D eigenvalue weighted by Crippen LogP contribution is 2.13. The molecule has 0 saturated heterocycles. The Morgan fingerprint density at radius 3 is 3.20 bits per heavy atom. The van der Waals surface area contributed by atoms with Crippen LogP contribution in [0.25, 0.3) is 0 Å². The molecular weight excluding hydrogens is 264 g/mol. The Balaban J connectivity index is 2.12. The highest BCUT2D eigenvalue weighted by Gasteiger charge is 2.05. The molecule has 0 aliphatic rings. The van der Waals surface area contributed by atoms with Crippen molar-refractivity contribution in [3.63, 3.8) is 0 Å². The molecule has 0 unspecified atom stereocenters. The van der Waals surface area contributed by atoms with Gasteiger partial charge in [-0.3, -0.25) is 4.79 Å². The lowest BCUT2D eigenvalue weighted by molar-refractivity contribution is 0.388. The van der Waals surface area contributed by atoms with Crippen molar-refractivity contribution < 1.29 is 4.52 Å². The molecule has 0 radical (unpaired) electrons. The molecule has 78 valence electrons. The molecule has 0 fully saturated rings. The second-order valence-electron chi connectivity index (χ2n) is 2.73. The first-order valence-corrected chi connectivity index (χ1v) is 4.93. The average molecular weight is 271 g/mol. The molecule has 0 bridgehead atoms. The van der Waals surface area contributed by atoms with Gasteiger partial charge in [-0.05, 0) is 15.9 Å². The predicted octanol–water partition coefficient (Wildman–Crippen LogP) is 1.13. The number of anilines is 1. The Morgan fingerprint density at radius 2 is 2.47 bits per heavy atom. The van der Waals surface area contributed by atoms with Crippen LogP contribution < -0.4 is 10.9 Å². The molecule has 2 rings (SSSR count). The topological polar surface area (TPSA) is 83.8 Å². The number of aromatic nitrogens is 3. The van der Waals surface area contributed by atoms with Crippen molar-refractivity contribution >= 4 is 21.7 Å². The summed E-state index contributed by atoms with van der Waals surface area (Å²) in [5.74, 6) is 1.14. The molecule has 6 nitrogen and oxygen atoms in total. The van der Waals surface area contributed by atoms with E-state index in [0.29, 0.717) is 22.6 Å². The molecule has 0 aromatic carbocycles. The van der Waals surface area contributed by atoms with Crippen LogP contribution in [-0.2, 0) is 6.54 Å². The molecule has 0 spiro atoms. The summed E-state index contributed by atoms with van der Waals surface area (Å²) in [7, 11) is 0. The summed E-state index contributed by atoms with van der Waals surface area (Å²) in [5, 5.41) is 6.50. The van der Waals surface area contributed by atoms with Gasteiger partial charge in [0.25, 0.3) is 5.56 Å². The third-order valence-corrected chi connectivity index (χ3v) is 2.45. The van der Waals surface area contributed by atoms with Crippen LogP contribution in [0.4, 0.5) is 5.82 Å². The zero-order chi connectivity index (χ0) is 10.7. The fraction of sp³-hybridized carbons (Fsp3) is 0.125. The molecule has 2 aromatic rings. The van der Waals surface area contributed by atoms with E-state index in [-0.39, 0.29) is 5.56 Å². The van der Waals surface area contributed by atoms with Crippen LogP contribution in [-0.4, -0.2) is 15.1 Å². The highest BCUT2D eigenvalue weighted by atomic mass is 79.9. The Hall–Kier alpha value is -1.63. The van der Waals surface area contributed by atoms with Gasteiger partial charge in [-0.25, -0.2) is 4.98 Å². The lowest BCUT2D eigenvalue weighted by Gasteiger charge is -2.03. The standard InChI is InChI=1S/C8H7BrN4O2/c9-6-7(11-4-12-8(6)14)10-3-5-1-2-13-15-5/h1-2,4H,3H2,(H2,10,11,12,14). The summed E-state index contributed by atoms with van der Waals surface area (Å²) in [5.41, 5.74) is -0.231. The molecule has 7 heteroatoms. The summed E-state index contributed by atoms with van der Waals surface area (Å²) in [6.45, 7) is 0.426. The van der Waals surface area contributed by atoms with E-state index in [9.17, 15) is 4.79 Å². The summed E-state index contributed by atoms with van der Waals surface area (Å²) >= 11 is 3.13. The van der Waals surface area contributed by atoms with Crippen LogP contribution in [0, 0.1) is 0 Å². The number of hydrogen-bond donors (Lipinski definition) is 2. The van der Waals surface area contributed by atoms with Crippen molar-refractivity contribution in [2.45, 2.75) is 6.54 Å². The van der Waals surface area contributed by atoms with E-state index in [0.717, 1.165) is 0 Å². The van der Waals surface area contributed by atoms with E-state index in [1.54, 1.807) is 12.3 Å². The smallest absolute Gasteiger partial charge is 0.267 e. The van der Waals surface area contributed by atoms with Gasteiger partial charge in [0.1, 0.15) is 10.3 Å². The molecule has 0 atom stereocenters. The van der Waals surface area contributed by atoms with Crippen molar-refractivity contribution in [1.82, 2.24) is 15.1 Å². The number of aromatic amines is 1. The summed E-state index contributed by atoms with van der Waals surface area (Å²) < 4.78 is 5.25. The van der Waals surface area contributed by atoms with Crippen molar-refractivity contribution in [3.05, 3.63) is 39.2 Å². The maximum absolute atomic E-state index is 11.2. The van der Waals surface area contributed by atoms with E-state index in [2.05, 4.69) is 36.4 Å². The van der Waals surface area contributed by atoms with Gasteiger partial charge in [-0.2, -0.15) is 0 Å². The minimum absolute atomic E-state index is 0.231. The molecule has 0 saturated carbocycles. The van der Waals surface area contributed by atoms with Crippen molar-refractivity contribution in [1.29, 1.82) is 0 Å². The van der Waals surface area contributed by atoms with Gasteiger partial charge in [-0.15, -0.1) is 0 Å². The minimum Gasteiger partial charge on any atom is -0.362 e. The molecule has 15 heavy (non-hydrogen) atoms. The van der Waals surface area contributed by atoms with Gasteiger partial charge in [0, 0.05) is 6.07 Å². The second kappa shape index (κ2) is 4.26. The molecule has 2 N–H and O–H groups in total. The van der Waals surface area contributed by atoms with Gasteiger partial charge in [0.15, 0.2) is 5.76 Å². The zero-order valence-electron chi connectivity index (χ0n) is 7.53. The monoisotopic (exact) mass is 270 g/mol. The number of hydrogen-bond acceptors (Lipinski definition) is 5. The number of nitrogens with one attached hydrogen (secondary N) is 2. The molecule has 0 aliphatic heterocycles. The SMILES string of the molecule is O=c1[nH]cnc(NCc2ccno2)c1Br. The lowest BCUT2D eigenvalue weighted by Crippen LogP contribution is -2.11. The molecule has 0 aliphatic carbocycles. The Bertz CT molecular complexity index is 494. The van der Waals surface area contributed by atoms with Crippen molar-refractivity contribution in [2.75, 3.05) is 5.32 Å². The Labute approximate surface area is 92.8 Å². The van der Waals surface area contributed by atoms with Crippen LogP contribution in [0.15, 0.2) is 32.4 Å². The van der Waals surface area contributed by atoms with Gasteiger partial charge >= 0.3 is 0 Å². The first-order chi connectivity index (χ1) is 7.27. The van der Waals surface area contributed by atoms with Crippen LogP contribution >= 0.6 is 15.9 Å². The molecular formula is C8H7BrN4O2. The van der Waals surface area contributed by atoms with E-state index >= 15 is 0 Å². The predicted molar refractivity (Wildman–Crippen MR) is 56.4 cm³/mol. The Morgan fingerprint density at radius 1 is 1.60 bits per heavy atom. The third-order valence-electron chi connectivity index (χ3n) is 1.72. The van der Waals surface area contributed by atoms with Crippen LogP contribution in [0.2, 0.25) is 0 Å². The fourth-order valence-corrected chi connectivity index (χ4v) is 1.37. The normalized spacial score (nSPS) is 10.2. The zero-order valence-corrected chi connectivity index (χ0v) is 9.11. The van der Waals surface area contributed by atoms with Crippen LogP contribution in [0.5, 0.6) is 0 Å². The van der Waals surface area contributed by atoms with Gasteiger partial charge in [-0.1, -0.05) is 5.16 Å². The van der Waals surface area contributed by atoms with E-state index in [4.69, 9.17) is 4.52 Å². The van der Waals surface area contributed by atoms with Gasteiger partial charge < -0.3 is 14.8 Å². The first kappa shape index (κ1) is 9.91. The Kier molecular flexibility index (Phi) is 2.82. The largest absolute Gasteiger partial charge is 0.362 e. The third kappa shape index (κ3) is 2.24. The van der Waals surface area contributed by atoms with Crippen molar-refractivity contribution in [3.8, 4) is 0 Å². The second-order valence-corrected chi connectivity index (χ2v) is 3.52. The summed E-state index contributed by atoms with van der Waals surface area (Å²) in [6.07, 6.45) is 2.88. The number of nitrogens with zero attached hydrogens (tertiary/aromatic N) is 2. The summed E-state index contributed by atoms with van der Waals surface area (Å²) in [4.78, 5) is 17.6. The van der Waals surface area contributed by atoms with Crippen LogP contribution in [0.3, 0.4) is 0 Å². The number of rotatable bonds is 3. The van der Waals surface area contributed by atoms with E-state index in [1.807, 2.05) is 0 Å². The fourth-order valence-electron chi connectivity index (χ4n) is 1.01. The van der Waals surface area contributed by atoms with Crippen molar-refractivity contribution in [2.24, 2.45) is 0 Å². The maximum Gasteiger partial charge on any atom is 0.267 e. The quantitative estimate of drug-likeness (QED) is 0.874. The molecule has 2 heterocycles. The van der Waals surface area contributed by atoms with Gasteiger partial charge in [0.2, 0.25) is 0 Å². The van der Waals surface area contributed by atoms with E-state index < -0.39 is 0 Å². The summed E-state index contributed by atoms with van der Waals surface area (Å²) in [6, 6.07) is 1.73. The lowest BCUT2D eigenvalue weighted by atomic mass is 10.4. The first-order valence-electron chi connectivity index (χ1n) is 4.14. The number of H-pyrrole nitrogens is 1. The highest BCUT2D eigenvalue weighted by molar-refractivity contribution is 9.10. The molecule has 0 amide bonds. The average Bonchev–Trinajstić information content (AvgIpc) is 2.73. The van der Waals surface area contributed by atoms with E-state index in [1.165, 1.54) is 6.33 Å². The van der Waals surface area contributed by atoms with Gasteiger partial charge in [0.05, 0.1) is 19.1 Å². The number of halogens is 1. The minimum atomic E-state index is -0.231. The maximum atomic E-state index is 11.2.